The Morgan fingerprint density at radius 2 is 2.13 bits per heavy atom. The molecular formula is C18H31NO3S. The van der Waals surface area contributed by atoms with Crippen LogP contribution in [0.3, 0.4) is 0 Å². The van der Waals surface area contributed by atoms with Crippen LogP contribution in [0.2, 0.25) is 0 Å². The van der Waals surface area contributed by atoms with Crippen LogP contribution in [0.25, 0.3) is 0 Å². The number of benzene rings is 1. The van der Waals surface area contributed by atoms with Gasteiger partial charge in [-0.05, 0) is 42.9 Å². The summed E-state index contributed by atoms with van der Waals surface area (Å²) in [7, 11) is 1.51. The van der Waals surface area contributed by atoms with Gasteiger partial charge in [-0.2, -0.15) is 13.5 Å². The molecule has 1 amide bonds. The Hall–Kier alpha value is -1.62. The summed E-state index contributed by atoms with van der Waals surface area (Å²) in [4.78, 5) is 11.8. The first-order valence-corrected chi connectivity index (χ1v) is 7.82. The molecule has 0 aliphatic carbocycles. The van der Waals surface area contributed by atoms with Gasteiger partial charge in [0.25, 0.3) is 0 Å². The molecule has 0 fully saturated rings. The van der Waals surface area contributed by atoms with Crippen molar-refractivity contribution in [2.75, 3.05) is 7.11 Å². The Bertz CT molecular complexity index is 507. The normalized spacial score (nSPS) is 10.6. The van der Waals surface area contributed by atoms with Gasteiger partial charge in [-0.3, -0.25) is 4.79 Å². The molecule has 0 aliphatic heterocycles. The minimum absolute atomic E-state index is 0. The van der Waals surface area contributed by atoms with E-state index in [2.05, 4.69) is 31.3 Å². The van der Waals surface area contributed by atoms with Crippen molar-refractivity contribution in [2.24, 2.45) is 5.92 Å². The van der Waals surface area contributed by atoms with Gasteiger partial charge in [0.05, 0.1) is 7.11 Å². The van der Waals surface area contributed by atoms with Gasteiger partial charge in [-0.1, -0.05) is 32.1 Å². The Kier molecular flexibility index (Phi) is 11.0. The van der Waals surface area contributed by atoms with E-state index in [-0.39, 0.29) is 26.6 Å². The molecule has 2 N–H and O–H groups in total. The number of phenolic OH excluding ortho intramolecular Hbond substituents is 1. The molecule has 0 saturated heterocycles. The molecule has 4 nitrogen and oxygen atoms in total. The van der Waals surface area contributed by atoms with E-state index in [4.69, 9.17) is 4.74 Å². The number of amides is 1. The minimum atomic E-state index is 0. The van der Waals surface area contributed by atoms with E-state index in [0.717, 1.165) is 24.8 Å². The number of nitrogens with one attached hydrogen (secondary N) is 1. The first-order chi connectivity index (χ1) is 10.5. The van der Waals surface area contributed by atoms with E-state index in [0.29, 0.717) is 24.6 Å². The standard InChI is InChI=1S/C18H27NO3.H2S.H2/c1-14(2)8-6-4-5-7-9-18(21)19-13-15-10-11-16(20)17(12-15)22-3;;/h6,8,10-12,14,20H,4-5,7,9,13H2,1-3H3,(H,19,21);1H2;1H/b8-6-;;. The number of carbonyl (C=O) groups is 1. The van der Waals surface area contributed by atoms with Crippen molar-refractivity contribution in [3.05, 3.63) is 35.9 Å². The van der Waals surface area contributed by atoms with Crippen LogP contribution in [0.4, 0.5) is 0 Å². The zero-order valence-corrected chi connectivity index (χ0v) is 15.3. The summed E-state index contributed by atoms with van der Waals surface area (Å²) in [6, 6.07) is 5.07. The van der Waals surface area contributed by atoms with Gasteiger partial charge in [0.2, 0.25) is 5.91 Å². The first-order valence-electron chi connectivity index (χ1n) is 7.82. The number of unbranched alkanes of at least 4 members (excludes halogenated alkanes) is 2. The van der Waals surface area contributed by atoms with Crippen molar-refractivity contribution in [2.45, 2.75) is 46.1 Å². The Morgan fingerprint density at radius 3 is 2.78 bits per heavy atom. The smallest absolute Gasteiger partial charge is 0.220 e. The molecule has 5 heteroatoms. The third kappa shape index (κ3) is 9.18. The lowest BCUT2D eigenvalue weighted by Gasteiger charge is -2.08. The SMILES string of the molecule is COc1cc(CNC(=O)CCCC/C=C\C(C)C)ccc1O.S.[HH]. The first kappa shape index (κ1) is 21.4. The van der Waals surface area contributed by atoms with Crippen molar-refractivity contribution in [3.63, 3.8) is 0 Å². The van der Waals surface area contributed by atoms with Crippen molar-refractivity contribution in [1.29, 1.82) is 0 Å². The van der Waals surface area contributed by atoms with Crippen LogP contribution in [-0.2, 0) is 11.3 Å². The van der Waals surface area contributed by atoms with Crippen LogP contribution in [0, 0.1) is 5.92 Å². The van der Waals surface area contributed by atoms with Crippen LogP contribution in [-0.4, -0.2) is 18.1 Å². The number of methoxy groups -OCH3 is 1. The Labute approximate surface area is 147 Å². The second-order valence-corrected chi connectivity index (χ2v) is 5.70. The maximum Gasteiger partial charge on any atom is 0.220 e. The predicted octanol–water partition coefficient (Wildman–Crippen LogP) is 4.15. The lowest BCUT2D eigenvalue weighted by molar-refractivity contribution is -0.121. The fourth-order valence-corrected chi connectivity index (χ4v) is 2.04. The number of carbonyl (C=O) groups excluding carboxylic acids is 1. The highest BCUT2D eigenvalue weighted by molar-refractivity contribution is 7.59. The second-order valence-electron chi connectivity index (χ2n) is 5.70. The highest BCUT2D eigenvalue weighted by Crippen LogP contribution is 2.26. The monoisotopic (exact) mass is 341 g/mol. The van der Waals surface area contributed by atoms with Crippen molar-refractivity contribution >= 4 is 19.4 Å². The van der Waals surface area contributed by atoms with Gasteiger partial charge >= 0.3 is 0 Å². The molecule has 23 heavy (non-hydrogen) atoms. The summed E-state index contributed by atoms with van der Waals surface area (Å²) >= 11 is 0. The quantitative estimate of drug-likeness (QED) is 0.524. The molecule has 0 spiro atoms. The van der Waals surface area contributed by atoms with E-state index < -0.39 is 0 Å². The second kappa shape index (κ2) is 11.9. The number of aromatic hydroxyl groups is 1. The molecule has 0 radical (unpaired) electrons. The van der Waals surface area contributed by atoms with Crippen molar-refractivity contribution in [3.8, 4) is 11.5 Å². The van der Waals surface area contributed by atoms with Crippen LogP contribution in [0.1, 0.15) is 46.5 Å². The van der Waals surface area contributed by atoms with Gasteiger partial charge < -0.3 is 15.2 Å². The zero-order chi connectivity index (χ0) is 16.4. The molecule has 0 aliphatic rings. The molecule has 0 aromatic heterocycles. The lowest BCUT2D eigenvalue weighted by atomic mass is 10.1. The van der Waals surface area contributed by atoms with Crippen LogP contribution in [0.5, 0.6) is 11.5 Å². The highest BCUT2D eigenvalue weighted by Gasteiger charge is 2.04. The topological polar surface area (TPSA) is 58.6 Å². The third-order valence-electron chi connectivity index (χ3n) is 3.28. The number of hydrogen-bond donors (Lipinski definition) is 2. The van der Waals surface area contributed by atoms with E-state index >= 15 is 0 Å². The van der Waals surface area contributed by atoms with Gasteiger partial charge in [0.1, 0.15) is 0 Å². The molecule has 0 unspecified atom stereocenters. The zero-order valence-electron chi connectivity index (χ0n) is 14.3. The number of phenols is 1. The predicted molar refractivity (Wildman–Crippen MR) is 101 cm³/mol. The van der Waals surface area contributed by atoms with Crippen LogP contribution >= 0.6 is 13.5 Å². The highest BCUT2D eigenvalue weighted by atomic mass is 32.1. The molecule has 1 rings (SSSR count). The molecule has 0 atom stereocenters. The summed E-state index contributed by atoms with van der Waals surface area (Å²) in [5.41, 5.74) is 0.905. The van der Waals surface area contributed by atoms with Gasteiger partial charge in [-0.15, -0.1) is 0 Å². The fourth-order valence-electron chi connectivity index (χ4n) is 2.04. The summed E-state index contributed by atoms with van der Waals surface area (Å²) in [6.45, 7) is 4.76. The Morgan fingerprint density at radius 1 is 1.39 bits per heavy atom. The molecular weight excluding hydrogens is 310 g/mol. The largest absolute Gasteiger partial charge is 0.504 e. The minimum Gasteiger partial charge on any atom is -0.504 e. The van der Waals surface area contributed by atoms with E-state index in [1.54, 1.807) is 18.2 Å². The molecule has 0 bridgehead atoms. The molecule has 1 aromatic rings. The third-order valence-corrected chi connectivity index (χ3v) is 3.28. The van der Waals surface area contributed by atoms with Gasteiger partial charge in [0.15, 0.2) is 11.5 Å². The lowest BCUT2D eigenvalue weighted by Crippen LogP contribution is -2.22. The van der Waals surface area contributed by atoms with Crippen molar-refractivity contribution in [1.82, 2.24) is 5.32 Å². The van der Waals surface area contributed by atoms with Crippen LogP contribution < -0.4 is 10.1 Å². The molecule has 132 valence electrons. The number of rotatable bonds is 9. The van der Waals surface area contributed by atoms with E-state index in [1.165, 1.54) is 7.11 Å². The molecule has 1 aromatic carbocycles. The summed E-state index contributed by atoms with van der Waals surface area (Å²) in [6.07, 6.45) is 7.88. The average molecular weight is 342 g/mol. The molecule has 0 heterocycles. The average Bonchev–Trinajstić information content (AvgIpc) is 2.49. The summed E-state index contributed by atoms with van der Waals surface area (Å²) in [5.74, 6) is 1.17. The van der Waals surface area contributed by atoms with Crippen molar-refractivity contribution < 1.29 is 16.1 Å². The Balaban J connectivity index is 0. The number of allylic oxidation sites excluding steroid dienone is 2. The number of ether oxygens (including phenoxy) is 1. The number of hydrogen-bond acceptors (Lipinski definition) is 3. The maximum atomic E-state index is 11.8. The van der Waals surface area contributed by atoms with E-state index in [1.807, 2.05) is 0 Å². The molecule has 0 saturated carbocycles. The van der Waals surface area contributed by atoms with E-state index in [9.17, 15) is 9.90 Å². The van der Waals surface area contributed by atoms with Gasteiger partial charge in [-0.25, -0.2) is 0 Å². The fraction of sp³-hybridized carbons (Fsp3) is 0.500. The maximum absolute atomic E-state index is 11.8. The summed E-state index contributed by atoms with van der Waals surface area (Å²) in [5, 5.41) is 12.4. The van der Waals surface area contributed by atoms with Gasteiger partial charge in [0, 0.05) is 14.4 Å². The summed E-state index contributed by atoms with van der Waals surface area (Å²) < 4.78 is 5.04. The van der Waals surface area contributed by atoms with Crippen LogP contribution in [0.15, 0.2) is 30.4 Å².